The second-order valence-corrected chi connectivity index (χ2v) is 7.75. The van der Waals surface area contributed by atoms with Gasteiger partial charge in [-0.15, -0.1) is 0 Å². The zero-order valence-electron chi connectivity index (χ0n) is 15.3. The van der Waals surface area contributed by atoms with Crippen LogP contribution in [0.25, 0.3) is 0 Å². The highest BCUT2D eigenvalue weighted by atomic mass is 32.2. The Morgan fingerprint density at radius 1 is 0.893 bits per heavy atom. The maximum atomic E-state index is 12.5. The van der Waals surface area contributed by atoms with Crippen molar-refractivity contribution in [3.8, 4) is 5.75 Å². The molecule has 0 spiro atoms. The van der Waals surface area contributed by atoms with Crippen molar-refractivity contribution < 1.29 is 17.9 Å². The van der Waals surface area contributed by atoms with Crippen molar-refractivity contribution >= 4 is 21.6 Å². The molecule has 0 saturated carbocycles. The van der Waals surface area contributed by atoms with Crippen LogP contribution in [-0.2, 0) is 16.6 Å². The summed E-state index contributed by atoms with van der Waals surface area (Å²) >= 11 is 0. The van der Waals surface area contributed by atoms with E-state index in [1.165, 1.54) is 31.4 Å². The van der Waals surface area contributed by atoms with Crippen molar-refractivity contribution in [2.45, 2.75) is 11.4 Å². The molecular formula is C21H20N2O4S. The number of methoxy groups -OCH3 is 1. The summed E-state index contributed by atoms with van der Waals surface area (Å²) in [4.78, 5) is 12.3. The molecule has 0 unspecified atom stereocenters. The van der Waals surface area contributed by atoms with Gasteiger partial charge in [0.2, 0.25) is 10.0 Å². The van der Waals surface area contributed by atoms with Crippen LogP contribution in [0.4, 0.5) is 5.69 Å². The van der Waals surface area contributed by atoms with E-state index in [4.69, 9.17) is 4.74 Å². The second kappa shape index (κ2) is 8.69. The molecule has 7 heteroatoms. The molecular weight excluding hydrogens is 376 g/mol. The molecule has 0 aromatic heterocycles. The first-order valence-corrected chi connectivity index (χ1v) is 10.1. The topological polar surface area (TPSA) is 84.5 Å². The number of para-hydroxylation sites is 2. The quantitative estimate of drug-likeness (QED) is 0.641. The minimum Gasteiger partial charge on any atom is -0.496 e. The van der Waals surface area contributed by atoms with Crippen LogP contribution in [0.1, 0.15) is 15.9 Å². The summed E-state index contributed by atoms with van der Waals surface area (Å²) in [5.74, 6) is 0.301. The number of nitrogens with one attached hydrogen (secondary N) is 2. The van der Waals surface area contributed by atoms with Crippen LogP contribution < -0.4 is 14.8 Å². The van der Waals surface area contributed by atoms with Gasteiger partial charge in [-0.25, -0.2) is 13.1 Å². The number of sulfonamides is 1. The van der Waals surface area contributed by atoms with E-state index in [0.717, 1.165) is 5.56 Å². The highest BCUT2D eigenvalue weighted by molar-refractivity contribution is 7.89. The van der Waals surface area contributed by atoms with Crippen molar-refractivity contribution in [3.63, 3.8) is 0 Å². The van der Waals surface area contributed by atoms with E-state index >= 15 is 0 Å². The van der Waals surface area contributed by atoms with Crippen molar-refractivity contribution in [2.24, 2.45) is 0 Å². The summed E-state index contributed by atoms with van der Waals surface area (Å²) in [5.41, 5.74) is 1.77. The van der Waals surface area contributed by atoms with Gasteiger partial charge in [-0.2, -0.15) is 0 Å². The minimum atomic E-state index is -3.72. The lowest BCUT2D eigenvalue weighted by Crippen LogP contribution is -2.23. The third kappa shape index (κ3) is 4.76. The lowest BCUT2D eigenvalue weighted by atomic mass is 10.2. The van der Waals surface area contributed by atoms with E-state index < -0.39 is 10.0 Å². The Morgan fingerprint density at radius 2 is 1.54 bits per heavy atom. The normalized spacial score (nSPS) is 11.0. The largest absolute Gasteiger partial charge is 0.496 e. The fraction of sp³-hybridized carbons (Fsp3) is 0.0952. The molecule has 3 aromatic carbocycles. The second-order valence-electron chi connectivity index (χ2n) is 5.98. The number of carbonyl (C=O) groups excluding carboxylic acids is 1. The van der Waals surface area contributed by atoms with Crippen LogP contribution in [0.15, 0.2) is 83.8 Å². The predicted octanol–water partition coefficient (Wildman–Crippen LogP) is 3.43. The Bertz CT molecular complexity index is 1050. The molecule has 0 fully saturated rings. The number of rotatable bonds is 7. The van der Waals surface area contributed by atoms with Gasteiger partial charge in [0.1, 0.15) is 5.75 Å². The third-order valence-electron chi connectivity index (χ3n) is 4.10. The molecule has 0 aliphatic carbocycles. The van der Waals surface area contributed by atoms with Gasteiger partial charge in [-0.3, -0.25) is 4.79 Å². The molecule has 0 atom stereocenters. The van der Waals surface area contributed by atoms with Crippen LogP contribution in [-0.4, -0.2) is 21.4 Å². The van der Waals surface area contributed by atoms with Crippen LogP contribution in [0.3, 0.4) is 0 Å². The SMILES string of the molecule is COc1ccccc1CNS(=O)(=O)c1ccc(C(=O)Nc2ccccc2)cc1. The van der Waals surface area contributed by atoms with Gasteiger partial charge < -0.3 is 10.1 Å². The Labute approximate surface area is 164 Å². The van der Waals surface area contributed by atoms with Crippen molar-refractivity contribution in [2.75, 3.05) is 12.4 Å². The zero-order valence-corrected chi connectivity index (χ0v) is 16.1. The van der Waals surface area contributed by atoms with Crippen LogP contribution in [0.2, 0.25) is 0 Å². The number of anilines is 1. The van der Waals surface area contributed by atoms with E-state index in [1.54, 1.807) is 24.3 Å². The van der Waals surface area contributed by atoms with E-state index in [1.807, 2.05) is 30.3 Å². The molecule has 2 N–H and O–H groups in total. The molecule has 0 radical (unpaired) electrons. The van der Waals surface area contributed by atoms with Gasteiger partial charge in [0.05, 0.1) is 12.0 Å². The lowest BCUT2D eigenvalue weighted by Gasteiger charge is -2.11. The first kappa shape index (κ1) is 19.6. The van der Waals surface area contributed by atoms with E-state index in [2.05, 4.69) is 10.0 Å². The minimum absolute atomic E-state index is 0.0821. The van der Waals surface area contributed by atoms with Crippen LogP contribution >= 0.6 is 0 Å². The molecule has 28 heavy (non-hydrogen) atoms. The van der Waals surface area contributed by atoms with E-state index in [9.17, 15) is 13.2 Å². The zero-order chi connectivity index (χ0) is 20.0. The lowest BCUT2D eigenvalue weighted by molar-refractivity contribution is 0.102. The Balaban J connectivity index is 1.68. The maximum Gasteiger partial charge on any atom is 0.255 e. The summed E-state index contributed by atoms with van der Waals surface area (Å²) in [7, 11) is -2.19. The van der Waals surface area contributed by atoms with Gasteiger partial charge in [0.15, 0.2) is 0 Å². The van der Waals surface area contributed by atoms with Crippen molar-refractivity contribution in [1.29, 1.82) is 0 Å². The Kier molecular flexibility index (Phi) is 6.08. The predicted molar refractivity (Wildman–Crippen MR) is 108 cm³/mol. The standard InChI is InChI=1S/C21H20N2O4S/c1-27-20-10-6-5-7-17(20)15-22-28(25,26)19-13-11-16(12-14-19)21(24)23-18-8-3-2-4-9-18/h2-14,22H,15H2,1H3,(H,23,24). The van der Waals surface area contributed by atoms with Crippen LogP contribution in [0, 0.1) is 0 Å². The van der Waals surface area contributed by atoms with Gasteiger partial charge in [-0.05, 0) is 42.5 Å². The molecule has 3 rings (SSSR count). The highest BCUT2D eigenvalue weighted by Crippen LogP contribution is 2.18. The van der Waals surface area contributed by atoms with Gasteiger partial charge in [0, 0.05) is 23.4 Å². The van der Waals surface area contributed by atoms with E-state index in [-0.39, 0.29) is 17.3 Å². The monoisotopic (exact) mass is 396 g/mol. The summed E-state index contributed by atoms with van der Waals surface area (Å²) in [6.45, 7) is 0.0998. The fourth-order valence-corrected chi connectivity index (χ4v) is 3.62. The average molecular weight is 396 g/mol. The van der Waals surface area contributed by atoms with Crippen molar-refractivity contribution in [1.82, 2.24) is 4.72 Å². The molecule has 0 aliphatic rings. The van der Waals surface area contributed by atoms with Gasteiger partial charge in [0.25, 0.3) is 5.91 Å². The molecule has 6 nitrogen and oxygen atoms in total. The number of amides is 1. The van der Waals surface area contributed by atoms with E-state index in [0.29, 0.717) is 17.0 Å². The number of hydrogen-bond acceptors (Lipinski definition) is 4. The fourth-order valence-electron chi connectivity index (χ4n) is 2.62. The molecule has 0 saturated heterocycles. The summed E-state index contributed by atoms with van der Waals surface area (Å²) in [5, 5.41) is 2.76. The van der Waals surface area contributed by atoms with Crippen LogP contribution in [0.5, 0.6) is 5.75 Å². The Hall–Kier alpha value is -3.16. The van der Waals surface area contributed by atoms with Gasteiger partial charge in [-0.1, -0.05) is 36.4 Å². The molecule has 144 valence electrons. The number of hydrogen-bond donors (Lipinski definition) is 2. The van der Waals surface area contributed by atoms with Gasteiger partial charge >= 0.3 is 0 Å². The maximum absolute atomic E-state index is 12.5. The molecule has 0 heterocycles. The number of benzene rings is 3. The summed E-state index contributed by atoms with van der Waals surface area (Å²) < 4.78 is 32.8. The highest BCUT2D eigenvalue weighted by Gasteiger charge is 2.16. The molecule has 0 bridgehead atoms. The molecule has 3 aromatic rings. The first-order chi connectivity index (χ1) is 13.5. The van der Waals surface area contributed by atoms with Crippen molar-refractivity contribution in [3.05, 3.63) is 90.0 Å². The number of carbonyl (C=O) groups is 1. The molecule has 1 amide bonds. The number of ether oxygens (including phenoxy) is 1. The molecule has 0 aliphatic heterocycles. The average Bonchev–Trinajstić information content (AvgIpc) is 2.73. The smallest absolute Gasteiger partial charge is 0.255 e. The summed E-state index contributed by atoms with van der Waals surface area (Å²) in [6, 6.07) is 22.0. The Morgan fingerprint density at radius 3 is 2.21 bits per heavy atom. The third-order valence-corrected chi connectivity index (χ3v) is 5.52. The first-order valence-electron chi connectivity index (χ1n) is 8.57. The summed E-state index contributed by atoms with van der Waals surface area (Å²) in [6.07, 6.45) is 0.